The molecule has 0 aliphatic carbocycles. The molecule has 0 spiro atoms. The number of hydrogen-bond acceptors (Lipinski definition) is 5. The Morgan fingerprint density at radius 2 is 1.29 bits per heavy atom. The van der Waals surface area contributed by atoms with Crippen LogP contribution in [0.5, 0.6) is 11.5 Å². The molecule has 0 N–H and O–H groups in total. The fraction of sp³-hybridized carbons (Fsp3) is 0.192. The van der Waals surface area contributed by atoms with Gasteiger partial charge in [0.05, 0.1) is 0 Å². The molecule has 0 unspecified atom stereocenters. The number of nitrogens with zero attached hydrogens (tertiary/aromatic N) is 4. The molecule has 0 fully saturated rings. The average Bonchev–Trinajstić information content (AvgIpc) is 3.87. The van der Waals surface area contributed by atoms with Crippen LogP contribution in [0.25, 0.3) is 47.8 Å². The van der Waals surface area contributed by atoms with Crippen molar-refractivity contribution in [2.24, 2.45) is 0 Å². The van der Waals surface area contributed by atoms with Crippen molar-refractivity contribution in [3.8, 4) is 17.3 Å². The first-order valence-corrected chi connectivity index (χ1v) is 20.8. The van der Waals surface area contributed by atoms with Crippen LogP contribution in [-0.4, -0.2) is 9.55 Å². The van der Waals surface area contributed by atoms with E-state index in [4.69, 9.17) is 9.72 Å². The van der Waals surface area contributed by atoms with E-state index in [1.54, 1.807) is 11.3 Å². The van der Waals surface area contributed by atoms with Crippen molar-refractivity contribution in [1.29, 1.82) is 0 Å². The minimum Gasteiger partial charge on any atom is -0.509 e. The van der Waals surface area contributed by atoms with E-state index in [-0.39, 0.29) is 31.9 Å². The third-order valence-electron chi connectivity index (χ3n) is 11.5. The predicted molar refractivity (Wildman–Crippen MR) is 244 cm³/mol. The van der Waals surface area contributed by atoms with Gasteiger partial charge in [-0.3, -0.25) is 0 Å². The second kappa shape index (κ2) is 14.4. The van der Waals surface area contributed by atoms with Gasteiger partial charge >= 0.3 is 0 Å². The van der Waals surface area contributed by atoms with Gasteiger partial charge in [-0.25, -0.2) is 16.3 Å². The normalized spacial score (nSPS) is 13.2. The van der Waals surface area contributed by atoms with E-state index in [0.29, 0.717) is 11.5 Å². The number of ether oxygens (including phenoxy) is 1. The van der Waals surface area contributed by atoms with Crippen molar-refractivity contribution in [1.82, 2.24) is 9.55 Å². The van der Waals surface area contributed by atoms with Gasteiger partial charge in [-0.05, 0) is 94.1 Å². The number of rotatable bonds is 5. The Labute approximate surface area is 365 Å². The second-order valence-corrected chi connectivity index (χ2v) is 18.6. The third-order valence-corrected chi connectivity index (χ3v) is 12.6. The Kier molecular flexibility index (Phi) is 9.53. The summed E-state index contributed by atoms with van der Waals surface area (Å²) in [5, 5.41) is 4.57. The van der Waals surface area contributed by atoms with E-state index in [0.717, 1.165) is 54.8 Å². The number of anilines is 4. The molecule has 1 aliphatic rings. The van der Waals surface area contributed by atoms with Crippen LogP contribution in [0.4, 0.5) is 22.7 Å². The molecular formula is C52H45N4OPtS-3. The van der Waals surface area contributed by atoms with E-state index >= 15 is 0 Å². The summed E-state index contributed by atoms with van der Waals surface area (Å²) in [5.41, 5.74) is 11.4. The van der Waals surface area contributed by atoms with Crippen LogP contribution in [-0.2, 0) is 31.9 Å². The summed E-state index contributed by atoms with van der Waals surface area (Å²) in [5.74, 6) is 2.10. The van der Waals surface area contributed by atoms with Crippen LogP contribution in [0.3, 0.4) is 0 Å². The van der Waals surface area contributed by atoms with Crippen molar-refractivity contribution in [2.45, 2.75) is 66.2 Å². The number of benzene rings is 6. The summed E-state index contributed by atoms with van der Waals surface area (Å²) in [6.07, 6.45) is 1.91. The Morgan fingerprint density at radius 1 is 0.627 bits per heavy atom. The van der Waals surface area contributed by atoms with Crippen LogP contribution in [0.1, 0.15) is 63.8 Å². The fourth-order valence-electron chi connectivity index (χ4n) is 8.48. The second-order valence-electron chi connectivity index (χ2n) is 17.6. The van der Waals surface area contributed by atoms with Gasteiger partial charge in [-0.15, -0.1) is 41.7 Å². The van der Waals surface area contributed by atoms with Crippen LogP contribution >= 0.6 is 11.3 Å². The molecular weight excluding hydrogens is 924 g/mol. The molecule has 59 heavy (non-hydrogen) atoms. The maximum absolute atomic E-state index is 6.87. The van der Waals surface area contributed by atoms with Crippen molar-refractivity contribution >= 4 is 76.1 Å². The Balaban J connectivity index is 0.00000449. The molecule has 0 amide bonds. The molecule has 5 nitrogen and oxygen atoms in total. The zero-order valence-corrected chi connectivity index (χ0v) is 37.6. The van der Waals surface area contributed by atoms with E-state index < -0.39 is 0 Å². The van der Waals surface area contributed by atoms with Crippen LogP contribution < -0.4 is 14.5 Å². The first-order chi connectivity index (χ1) is 27.8. The third kappa shape index (κ3) is 6.62. The molecule has 0 saturated carbocycles. The molecule has 6 aromatic carbocycles. The van der Waals surface area contributed by atoms with E-state index in [2.05, 4.69) is 198 Å². The summed E-state index contributed by atoms with van der Waals surface area (Å²) in [4.78, 5) is 9.51. The van der Waals surface area contributed by atoms with Gasteiger partial charge in [-0.1, -0.05) is 118 Å². The molecule has 7 heteroatoms. The zero-order valence-electron chi connectivity index (χ0n) is 34.5. The molecule has 4 heterocycles. The Morgan fingerprint density at radius 3 is 2.02 bits per heavy atom. The first kappa shape index (κ1) is 39.1. The van der Waals surface area contributed by atoms with Gasteiger partial charge in [0.2, 0.25) is 0 Å². The van der Waals surface area contributed by atoms with Crippen molar-refractivity contribution in [2.75, 3.05) is 9.80 Å². The summed E-state index contributed by atoms with van der Waals surface area (Å²) in [6, 6.07) is 48.5. The maximum Gasteiger partial charge on any atom is 0.135 e. The van der Waals surface area contributed by atoms with Crippen molar-refractivity contribution < 1.29 is 25.8 Å². The summed E-state index contributed by atoms with van der Waals surface area (Å²) in [7, 11) is 0. The number of thiophene rings is 1. The van der Waals surface area contributed by atoms with Gasteiger partial charge in [0, 0.05) is 66.0 Å². The number of fused-ring (bicyclic) bond motifs is 7. The van der Waals surface area contributed by atoms with Crippen molar-refractivity contribution in [3.05, 3.63) is 163 Å². The first-order valence-electron chi connectivity index (χ1n) is 20.0. The number of aryl methyl sites for hydroxylation is 2. The maximum atomic E-state index is 6.87. The standard InChI is InChI=1S/C52H45N4OS.Pt/c1-32-25-35(52(6,7)8)26-33(2)49(32)55-31-54(43-18-12-13-19-44(43)55)46-30-37(28-41-40-16-10-14-20-47(40)58-50(41)46)57-36-21-22-39-38-15-9-11-17-42(38)56(45(39)29-36)48-27-34(23-24-53-48)51(3,4)5;/h9-28,31H,1-8H3;/q-3;. The molecule has 1 aliphatic heterocycles. The molecule has 0 atom stereocenters. The van der Waals surface area contributed by atoms with Crippen LogP contribution in [0.2, 0.25) is 0 Å². The molecule has 10 rings (SSSR count). The van der Waals surface area contributed by atoms with Crippen LogP contribution in [0.15, 0.2) is 121 Å². The number of aromatic nitrogens is 2. The topological polar surface area (TPSA) is 33.5 Å². The molecule has 9 aromatic rings. The molecule has 0 saturated heterocycles. The van der Waals surface area contributed by atoms with Gasteiger partial charge in [0.25, 0.3) is 0 Å². The van der Waals surface area contributed by atoms with Gasteiger partial charge in [0.1, 0.15) is 5.82 Å². The SMILES string of the molecule is Cc1cc(C(C)(C)C)cc(C)c1N1[CH-]N(c2[c-]c(Oc3[c-]c4c(cc3)c3ccccc3n4-c3cc(C(C)(C)C)ccn3)cc3c2sc2ccccc23)c2ccccc21.[Pt]. The quantitative estimate of drug-likeness (QED) is 0.161. The summed E-state index contributed by atoms with van der Waals surface area (Å²) < 4.78 is 11.5. The Hall–Kier alpha value is -5.42. The fourth-order valence-corrected chi connectivity index (χ4v) is 9.66. The van der Waals surface area contributed by atoms with E-state index in [1.165, 1.54) is 38.0 Å². The monoisotopic (exact) mass is 968 g/mol. The van der Waals surface area contributed by atoms with Crippen LogP contribution in [0, 0.1) is 32.6 Å². The average molecular weight is 969 g/mol. The van der Waals surface area contributed by atoms with Gasteiger partial charge < -0.3 is 19.1 Å². The van der Waals surface area contributed by atoms with Crippen molar-refractivity contribution in [3.63, 3.8) is 0 Å². The molecule has 298 valence electrons. The largest absolute Gasteiger partial charge is 0.509 e. The number of pyridine rings is 1. The van der Waals surface area contributed by atoms with E-state index in [1.807, 2.05) is 12.3 Å². The minimum atomic E-state index is -0.0225. The number of para-hydroxylation sites is 3. The summed E-state index contributed by atoms with van der Waals surface area (Å²) >= 11 is 1.79. The Bertz CT molecular complexity index is 3070. The zero-order chi connectivity index (χ0) is 40.1. The predicted octanol–water partition coefficient (Wildman–Crippen LogP) is 14.6. The number of hydrogen-bond donors (Lipinski definition) is 0. The minimum absolute atomic E-state index is 0. The van der Waals surface area contributed by atoms with E-state index in [9.17, 15) is 0 Å². The molecule has 0 bridgehead atoms. The summed E-state index contributed by atoms with van der Waals surface area (Å²) in [6.45, 7) is 20.2. The molecule has 3 aromatic heterocycles. The smallest absolute Gasteiger partial charge is 0.135 e. The van der Waals surface area contributed by atoms with Gasteiger partial charge in [0.15, 0.2) is 0 Å². The van der Waals surface area contributed by atoms with Gasteiger partial charge in [-0.2, -0.15) is 6.07 Å². The molecule has 0 radical (unpaired) electrons.